The summed E-state index contributed by atoms with van der Waals surface area (Å²) >= 11 is 0. The first kappa shape index (κ1) is 34.2. The van der Waals surface area contributed by atoms with Crippen LogP contribution in [0.1, 0.15) is 23.1 Å². The van der Waals surface area contributed by atoms with E-state index in [1.54, 1.807) is 31.4 Å². The normalized spacial score (nSPS) is 16.2. The molecule has 0 saturated carbocycles. The summed E-state index contributed by atoms with van der Waals surface area (Å²) in [6.07, 6.45) is 7.76. The topological polar surface area (TPSA) is 138 Å². The Labute approximate surface area is 291 Å². The van der Waals surface area contributed by atoms with Crippen molar-refractivity contribution >= 4 is 11.8 Å². The van der Waals surface area contributed by atoms with Crippen LogP contribution in [-0.4, -0.2) is 87.5 Å². The zero-order valence-electron chi connectivity index (χ0n) is 28.3. The number of benzene rings is 3. The Kier molecular flexibility index (Phi) is 11.4. The molecular formula is C37H42N8O5. The number of fused-ring (bicyclic) bond motifs is 4. The first-order valence-corrected chi connectivity index (χ1v) is 16.6. The standard InChI is InChI=1S/C37H42N8O5/c1-48-32-11-9-28(19-30(32)23-45-26-38-25-41-45)22-43-15-6-18-50-34-21-29(10-12-33(34)49-2)36-39-13-16-44(36)17-14-40-37(47)31(42-35(46)24-43)20-27-7-4-3-5-8-27/h3-5,7-13,16,19,21,25-26,31H,6,14-15,17-18,20,22-24H2,1-2H3,(H,40,47)(H,42,46)/t31-/m0/s1. The number of nitrogens with one attached hydrogen (secondary N) is 2. The maximum atomic E-state index is 13.7. The minimum absolute atomic E-state index is 0.0835. The number of hydrogen-bond donors (Lipinski definition) is 2. The fourth-order valence-corrected chi connectivity index (χ4v) is 6.09. The Hall–Kier alpha value is -5.69. The van der Waals surface area contributed by atoms with Gasteiger partial charge >= 0.3 is 0 Å². The van der Waals surface area contributed by atoms with Gasteiger partial charge < -0.3 is 29.4 Å². The SMILES string of the molecule is COc1ccc(CN2CCCOc3cc(ccc3OC)-c3nccn3CCNC(=O)[C@H](Cc3ccccc3)NC(=O)C2)cc1Cn1cncn1. The van der Waals surface area contributed by atoms with Gasteiger partial charge in [-0.1, -0.05) is 36.4 Å². The van der Waals surface area contributed by atoms with E-state index in [1.807, 2.05) is 71.4 Å². The van der Waals surface area contributed by atoms with Gasteiger partial charge in [0.05, 0.1) is 33.9 Å². The van der Waals surface area contributed by atoms with Gasteiger partial charge in [0, 0.05) is 56.1 Å². The van der Waals surface area contributed by atoms with E-state index < -0.39 is 6.04 Å². The van der Waals surface area contributed by atoms with Crippen molar-refractivity contribution in [1.82, 2.24) is 39.8 Å². The molecule has 0 radical (unpaired) electrons. The molecule has 1 atom stereocenters. The summed E-state index contributed by atoms with van der Waals surface area (Å²) < 4.78 is 21.2. The molecule has 0 spiro atoms. The average Bonchev–Trinajstić information content (AvgIpc) is 3.82. The fraction of sp³-hybridized carbons (Fsp3) is 0.324. The van der Waals surface area contributed by atoms with Crippen LogP contribution in [0.25, 0.3) is 11.4 Å². The molecule has 13 heteroatoms. The second kappa shape index (κ2) is 16.6. The molecule has 260 valence electrons. The van der Waals surface area contributed by atoms with E-state index in [4.69, 9.17) is 14.2 Å². The first-order chi connectivity index (χ1) is 24.5. The number of rotatable bonds is 8. The second-order valence-electron chi connectivity index (χ2n) is 12.1. The summed E-state index contributed by atoms with van der Waals surface area (Å²) in [6.45, 7) is 2.85. The van der Waals surface area contributed by atoms with Crippen molar-refractivity contribution in [3.63, 3.8) is 0 Å². The molecule has 50 heavy (non-hydrogen) atoms. The zero-order valence-corrected chi connectivity index (χ0v) is 28.3. The minimum Gasteiger partial charge on any atom is -0.496 e. The highest BCUT2D eigenvalue weighted by Crippen LogP contribution is 2.32. The monoisotopic (exact) mass is 678 g/mol. The van der Waals surface area contributed by atoms with Crippen molar-refractivity contribution in [3.05, 3.63) is 108 Å². The highest BCUT2D eigenvalue weighted by atomic mass is 16.5. The molecule has 2 amide bonds. The molecule has 0 saturated heterocycles. The third-order valence-electron chi connectivity index (χ3n) is 8.52. The fourth-order valence-electron chi connectivity index (χ4n) is 6.09. The van der Waals surface area contributed by atoms with Crippen molar-refractivity contribution in [2.45, 2.75) is 38.5 Å². The highest BCUT2D eigenvalue weighted by Gasteiger charge is 2.23. The maximum absolute atomic E-state index is 13.7. The Morgan fingerprint density at radius 3 is 2.58 bits per heavy atom. The van der Waals surface area contributed by atoms with Crippen LogP contribution in [0.5, 0.6) is 17.2 Å². The van der Waals surface area contributed by atoms with Crippen LogP contribution in [0.4, 0.5) is 0 Å². The van der Waals surface area contributed by atoms with E-state index in [0.717, 1.165) is 33.8 Å². The predicted molar refractivity (Wildman–Crippen MR) is 187 cm³/mol. The predicted octanol–water partition coefficient (Wildman–Crippen LogP) is 3.34. The lowest BCUT2D eigenvalue weighted by Gasteiger charge is -2.25. The van der Waals surface area contributed by atoms with Crippen molar-refractivity contribution < 1.29 is 23.8 Å². The molecule has 5 aromatic rings. The van der Waals surface area contributed by atoms with E-state index in [-0.39, 0.29) is 18.4 Å². The number of amides is 2. The van der Waals surface area contributed by atoms with Crippen LogP contribution in [0, 0.1) is 0 Å². The van der Waals surface area contributed by atoms with Crippen LogP contribution < -0.4 is 24.8 Å². The van der Waals surface area contributed by atoms with Gasteiger partial charge in [0.15, 0.2) is 11.5 Å². The third-order valence-corrected chi connectivity index (χ3v) is 8.52. The van der Waals surface area contributed by atoms with Crippen LogP contribution in [0.3, 0.4) is 0 Å². The molecule has 0 fully saturated rings. The van der Waals surface area contributed by atoms with Gasteiger partial charge in [-0.2, -0.15) is 5.10 Å². The molecule has 0 unspecified atom stereocenters. The Morgan fingerprint density at radius 2 is 1.78 bits per heavy atom. The van der Waals surface area contributed by atoms with Gasteiger partial charge in [0.25, 0.3) is 0 Å². The first-order valence-electron chi connectivity index (χ1n) is 16.6. The molecule has 2 N–H and O–H groups in total. The molecule has 1 aliphatic heterocycles. The molecule has 6 rings (SSSR count). The lowest BCUT2D eigenvalue weighted by Crippen LogP contribution is -2.51. The van der Waals surface area contributed by atoms with Crippen LogP contribution >= 0.6 is 0 Å². The largest absolute Gasteiger partial charge is 0.496 e. The summed E-state index contributed by atoms with van der Waals surface area (Å²) in [5, 5.41) is 10.3. The van der Waals surface area contributed by atoms with Gasteiger partial charge in [0.1, 0.15) is 30.3 Å². The Balaban J connectivity index is 1.26. The van der Waals surface area contributed by atoms with Gasteiger partial charge in [-0.3, -0.25) is 14.5 Å². The number of carbonyl (C=O) groups is 2. The summed E-state index contributed by atoms with van der Waals surface area (Å²) in [7, 11) is 3.25. The van der Waals surface area contributed by atoms with Crippen molar-refractivity contribution in [2.75, 3.05) is 40.5 Å². The molecule has 1 aliphatic rings. The summed E-state index contributed by atoms with van der Waals surface area (Å²) in [5.74, 6) is 2.22. The lowest BCUT2D eigenvalue weighted by molar-refractivity contribution is -0.129. The van der Waals surface area contributed by atoms with E-state index in [2.05, 4.69) is 36.7 Å². The average molecular weight is 679 g/mol. The van der Waals surface area contributed by atoms with Gasteiger partial charge in [-0.05, 0) is 47.9 Å². The van der Waals surface area contributed by atoms with Crippen LogP contribution in [0.2, 0.25) is 0 Å². The molecule has 3 heterocycles. The molecule has 2 bridgehead atoms. The van der Waals surface area contributed by atoms with Crippen molar-refractivity contribution in [2.24, 2.45) is 0 Å². The number of nitrogens with zero attached hydrogens (tertiary/aromatic N) is 6. The van der Waals surface area contributed by atoms with Crippen molar-refractivity contribution in [1.29, 1.82) is 0 Å². The van der Waals surface area contributed by atoms with Gasteiger partial charge in [-0.25, -0.2) is 14.6 Å². The number of ether oxygens (including phenoxy) is 3. The smallest absolute Gasteiger partial charge is 0.242 e. The number of carbonyl (C=O) groups excluding carboxylic acids is 2. The second-order valence-corrected chi connectivity index (χ2v) is 12.1. The number of methoxy groups -OCH3 is 2. The molecule has 2 aromatic heterocycles. The van der Waals surface area contributed by atoms with E-state index in [9.17, 15) is 9.59 Å². The van der Waals surface area contributed by atoms with E-state index >= 15 is 0 Å². The maximum Gasteiger partial charge on any atom is 0.242 e. The van der Waals surface area contributed by atoms with Crippen LogP contribution in [-0.2, 0) is 35.6 Å². The van der Waals surface area contributed by atoms with Gasteiger partial charge in [0.2, 0.25) is 11.8 Å². The van der Waals surface area contributed by atoms with E-state index in [0.29, 0.717) is 63.7 Å². The number of imidazole rings is 1. The molecule has 3 aromatic carbocycles. The molecular weight excluding hydrogens is 636 g/mol. The number of hydrogen-bond acceptors (Lipinski definition) is 9. The van der Waals surface area contributed by atoms with Gasteiger partial charge in [-0.15, -0.1) is 0 Å². The van der Waals surface area contributed by atoms with Crippen molar-refractivity contribution in [3.8, 4) is 28.6 Å². The summed E-state index contributed by atoms with van der Waals surface area (Å²) in [5.41, 5.74) is 3.77. The highest BCUT2D eigenvalue weighted by molar-refractivity contribution is 5.88. The summed E-state index contributed by atoms with van der Waals surface area (Å²) in [6, 6.07) is 20.7. The third kappa shape index (κ3) is 8.85. The quantitative estimate of drug-likeness (QED) is 0.253. The number of aromatic nitrogens is 5. The Morgan fingerprint density at radius 1 is 0.940 bits per heavy atom. The minimum atomic E-state index is -0.754. The zero-order chi connectivity index (χ0) is 34.7. The lowest BCUT2D eigenvalue weighted by atomic mass is 10.1. The van der Waals surface area contributed by atoms with Crippen LogP contribution in [0.15, 0.2) is 91.8 Å². The molecule has 13 nitrogen and oxygen atoms in total. The Bertz CT molecular complexity index is 1860. The van der Waals surface area contributed by atoms with E-state index in [1.165, 1.54) is 6.33 Å². The summed E-state index contributed by atoms with van der Waals surface area (Å²) in [4.78, 5) is 38.0. The molecule has 0 aliphatic carbocycles.